The Labute approximate surface area is 111 Å². The van der Waals surface area contributed by atoms with Crippen LogP contribution in [0.25, 0.3) is 16.8 Å². The zero-order valence-electron chi connectivity index (χ0n) is 10.1. The maximum Gasteiger partial charge on any atom is 0.416 e. The lowest BCUT2D eigenvalue weighted by atomic mass is 10.0. The van der Waals surface area contributed by atoms with Gasteiger partial charge in [0.15, 0.2) is 5.65 Å². The zero-order chi connectivity index (χ0) is 14.3. The van der Waals surface area contributed by atoms with Gasteiger partial charge in [-0.1, -0.05) is 12.1 Å². The fraction of sp³-hybridized carbons (Fsp3) is 0.0769. The van der Waals surface area contributed by atoms with Crippen LogP contribution in [0.1, 0.15) is 5.56 Å². The molecule has 7 heteroatoms. The predicted molar refractivity (Wildman–Crippen MR) is 67.8 cm³/mol. The van der Waals surface area contributed by atoms with E-state index in [-0.39, 0.29) is 5.95 Å². The molecular weight excluding hydrogens is 269 g/mol. The van der Waals surface area contributed by atoms with Crippen LogP contribution in [0.4, 0.5) is 19.1 Å². The van der Waals surface area contributed by atoms with Crippen molar-refractivity contribution in [1.29, 1.82) is 0 Å². The Bertz CT molecular complexity index is 777. The quantitative estimate of drug-likeness (QED) is 0.744. The highest BCUT2D eigenvalue weighted by atomic mass is 19.4. The summed E-state index contributed by atoms with van der Waals surface area (Å²) in [6, 6.07) is 8.45. The highest BCUT2D eigenvalue weighted by Crippen LogP contribution is 2.32. The maximum atomic E-state index is 12.7. The number of fused-ring (bicyclic) bond motifs is 1. The number of benzene rings is 1. The molecule has 1 aromatic carbocycles. The molecule has 0 aliphatic heterocycles. The average molecular weight is 278 g/mol. The highest BCUT2D eigenvalue weighted by molar-refractivity contribution is 5.65. The molecule has 20 heavy (non-hydrogen) atoms. The van der Waals surface area contributed by atoms with Crippen molar-refractivity contribution >= 4 is 11.6 Å². The van der Waals surface area contributed by atoms with Crippen molar-refractivity contribution in [3.63, 3.8) is 0 Å². The molecule has 4 nitrogen and oxygen atoms in total. The van der Waals surface area contributed by atoms with E-state index in [1.807, 2.05) is 0 Å². The number of alkyl halides is 3. The zero-order valence-corrected chi connectivity index (χ0v) is 10.1. The van der Waals surface area contributed by atoms with Crippen LogP contribution in [0, 0.1) is 0 Å². The van der Waals surface area contributed by atoms with Crippen molar-refractivity contribution < 1.29 is 13.2 Å². The van der Waals surface area contributed by atoms with Gasteiger partial charge in [-0.25, -0.2) is 4.52 Å². The average Bonchev–Trinajstić information content (AvgIpc) is 2.77. The third-order valence-corrected chi connectivity index (χ3v) is 2.87. The van der Waals surface area contributed by atoms with Crippen molar-refractivity contribution in [3.8, 4) is 11.1 Å². The molecule has 0 unspecified atom stereocenters. The Kier molecular flexibility index (Phi) is 2.63. The van der Waals surface area contributed by atoms with E-state index in [0.717, 1.165) is 12.1 Å². The molecule has 0 aliphatic carbocycles. The Morgan fingerprint density at radius 3 is 2.60 bits per heavy atom. The Morgan fingerprint density at radius 2 is 1.85 bits per heavy atom. The van der Waals surface area contributed by atoms with E-state index < -0.39 is 11.7 Å². The van der Waals surface area contributed by atoms with Crippen LogP contribution in [0.5, 0.6) is 0 Å². The van der Waals surface area contributed by atoms with Crippen LogP contribution < -0.4 is 5.73 Å². The fourth-order valence-electron chi connectivity index (χ4n) is 1.95. The van der Waals surface area contributed by atoms with E-state index in [4.69, 9.17) is 5.73 Å². The summed E-state index contributed by atoms with van der Waals surface area (Å²) >= 11 is 0. The van der Waals surface area contributed by atoms with Gasteiger partial charge in [0.25, 0.3) is 0 Å². The first-order valence-electron chi connectivity index (χ1n) is 5.73. The Morgan fingerprint density at radius 1 is 1.05 bits per heavy atom. The van der Waals surface area contributed by atoms with Crippen LogP contribution >= 0.6 is 0 Å². The van der Waals surface area contributed by atoms with E-state index in [1.54, 1.807) is 24.4 Å². The van der Waals surface area contributed by atoms with E-state index in [0.29, 0.717) is 16.8 Å². The molecule has 0 fully saturated rings. The minimum Gasteiger partial charge on any atom is -0.366 e. The summed E-state index contributed by atoms with van der Waals surface area (Å²) in [5.41, 5.74) is 6.38. The summed E-state index contributed by atoms with van der Waals surface area (Å²) in [6.07, 6.45) is -2.77. The predicted octanol–water partition coefficient (Wildman–Crippen LogP) is 3.00. The van der Waals surface area contributed by atoms with Crippen LogP contribution in [0.2, 0.25) is 0 Å². The van der Waals surface area contributed by atoms with Gasteiger partial charge in [-0.3, -0.25) is 0 Å². The monoisotopic (exact) mass is 278 g/mol. The van der Waals surface area contributed by atoms with Gasteiger partial charge in [0, 0.05) is 11.8 Å². The van der Waals surface area contributed by atoms with Gasteiger partial charge in [-0.2, -0.15) is 18.2 Å². The van der Waals surface area contributed by atoms with E-state index >= 15 is 0 Å². The summed E-state index contributed by atoms with van der Waals surface area (Å²) < 4.78 is 39.5. The number of hydrogen-bond donors (Lipinski definition) is 1. The smallest absolute Gasteiger partial charge is 0.366 e. The van der Waals surface area contributed by atoms with Crippen molar-refractivity contribution in [2.45, 2.75) is 6.18 Å². The molecule has 0 bridgehead atoms. The third kappa shape index (κ3) is 2.18. The second-order valence-corrected chi connectivity index (χ2v) is 4.27. The molecule has 0 saturated carbocycles. The van der Waals surface area contributed by atoms with Crippen molar-refractivity contribution in [1.82, 2.24) is 14.6 Å². The molecule has 0 spiro atoms. The number of rotatable bonds is 1. The van der Waals surface area contributed by atoms with Gasteiger partial charge in [-0.15, -0.1) is 5.10 Å². The number of halogens is 3. The van der Waals surface area contributed by atoms with E-state index in [9.17, 15) is 13.2 Å². The molecule has 0 saturated heterocycles. The highest BCUT2D eigenvalue weighted by Gasteiger charge is 2.30. The number of hydrogen-bond acceptors (Lipinski definition) is 3. The molecule has 3 aromatic rings. The van der Waals surface area contributed by atoms with Gasteiger partial charge < -0.3 is 5.73 Å². The Balaban J connectivity index is 2.10. The van der Waals surface area contributed by atoms with Crippen LogP contribution in [-0.4, -0.2) is 14.6 Å². The lowest BCUT2D eigenvalue weighted by Gasteiger charge is -2.08. The number of pyridine rings is 1. The van der Waals surface area contributed by atoms with Gasteiger partial charge in [0.05, 0.1) is 5.56 Å². The van der Waals surface area contributed by atoms with E-state index in [1.165, 1.54) is 10.6 Å². The number of nitrogens with two attached hydrogens (primary N) is 1. The largest absolute Gasteiger partial charge is 0.416 e. The first-order chi connectivity index (χ1) is 9.43. The van der Waals surface area contributed by atoms with E-state index in [2.05, 4.69) is 10.1 Å². The normalized spacial score (nSPS) is 11.9. The number of nitrogens with zero attached hydrogens (tertiary/aromatic N) is 3. The van der Waals surface area contributed by atoms with Gasteiger partial charge in [0.2, 0.25) is 5.95 Å². The molecule has 2 N–H and O–H groups in total. The lowest BCUT2D eigenvalue weighted by Crippen LogP contribution is -2.04. The molecule has 3 rings (SSSR count). The van der Waals surface area contributed by atoms with Crippen LogP contribution in [0.3, 0.4) is 0 Å². The van der Waals surface area contributed by atoms with Gasteiger partial charge in [-0.05, 0) is 29.8 Å². The second-order valence-electron chi connectivity index (χ2n) is 4.27. The summed E-state index contributed by atoms with van der Waals surface area (Å²) in [5.74, 6) is 0.117. The topological polar surface area (TPSA) is 56.2 Å². The first kappa shape index (κ1) is 12.5. The van der Waals surface area contributed by atoms with Crippen LogP contribution in [-0.2, 0) is 6.18 Å². The molecule has 102 valence electrons. The standard InChI is InChI=1S/C13H9F3N4/c14-13(15,16)10-3-1-2-8(6-10)9-4-5-11-18-12(17)19-20(11)7-9/h1-7H,(H2,17,19). The Hall–Kier alpha value is -2.57. The minimum atomic E-state index is -4.36. The SMILES string of the molecule is Nc1nc2ccc(-c3cccc(C(F)(F)F)c3)cn2n1. The molecule has 0 radical (unpaired) electrons. The number of anilines is 1. The van der Waals surface area contributed by atoms with Crippen molar-refractivity contribution in [2.75, 3.05) is 5.73 Å². The summed E-state index contributed by atoms with van der Waals surface area (Å²) in [6.45, 7) is 0. The molecular formula is C13H9F3N4. The number of nitrogen functional groups attached to an aromatic ring is 1. The number of aromatic nitrogens is 3. The molecule has 2 aromatic heterocycles. The van der Waals surface area contributed by atoms with Crippen LogP contribution in [0.15, 0.2) is 42.6 Å². The summed E-state index contributed by atoms with van der Waals surface area (Å²) in [4.78, 5) is 3.95. The lowest BCUT2D eigenvalue weighted by molar-refractivity contribution is -0.137. The van der Waals surface area contributed by atoms with Gasteiger partial charge in [0.1, 0.15) is 0 Å². The molecule has 0 amide bonds. The van der Waals surface area contributed by atoms with Gasteiger partial charge >= 0.3 is 6.18 Å². The molecule has 0 aliphatic rings. The van der Waals surface area contributed by atoms with Crippen molar-refractivity contribution in [2.24, 2.45) is 0 Å². The molecule has 2 heterocycles. The first-order valence-corrected chi connectivity index (χ1v) is 5.73. The molecule has 0 atom stereocenters. The third-order valence-electron chi connectivity index (χ3n) is 2.87. The summed E-state index contributed by atoms with van der Waals surface area (Å²) in [5, 5.41) is 3.93. The fourth-order valence-corrected chi connectivity index (χ4v) is 1.95. The maximum absolute atomic E-state index is 12.7. The second kappa shape index (κ2) is 4.22. The van der Waals surface area contributed by atoms with Crippen molar-refractivity contribution in [3.05, 3.63) is 48.2 Å². The minimum absolute atomic E-state index is 0.117. The summed E-state index contributed by atoms with van der Waals surface area (Å²) in [7, 11) is 0.